The van der Waals surface area contributed by atoms with E-state index in [1.807, 2.05) is 20.8 Å². The zero-order chi connectivity index (χ0) is 22.2. The van der Waals surface area contributed by atoms with E-state index in [0.717, 1.165) is 5.56 Å². The first-order chi connectivity index (χ1) is 14.7. The van der Waals surface area contributed by atoms with E-state index < -0.39 is 0 Å². The zero-order valence-corrected chi connectivity index (χ0v) is 17.5. The lowest BCUT2D eigenvalue weighted by molar-refractivity contribution is 0.0641. The molecule has 0 unspecified atom stereocenters. The minimum absolute atomic E-state index is 0.146. The summed E-state index contributed by atoms with van der Waals surface area (Å²) in [4.78, 5) is 42.9. The number of nitrogens with one attached hydrogen (secondary N) is 1. The standard InChI is InChI=1S/C23H22N4O4/c1-23(2,3)22-25-18(26-31-22)12-24-19(28)15-10-8-14(9-11-15)13-27-20(29)16-6-4-5-7-17(16)21(27)30/h4-11H,12-13H2,1-3H3,(H,24,28). The monoisotopic (exact) mass is 418 g/mol. The van der Waals surface area contributed by atoms with Crippen LogP contribution in [0.15, 0.2) is 53.1 Å². The van der Waals surface area contributed by atoms with Crippen LogP contribution in [0.4, 0.5) is 0 Å². The summed E-state index contributed by atoms with van der Waals surface area (Å²) in [6, 6.07) is 13.5. The van der Waals surface area contributed by atoms with Crippen molar-refractivity contribution in [3.05, 3.63) is 82.5 Å². The topological polar surface area (TPSA) is 105 Å². The molecule has 3 aromatic rings. The van der Waals surface area contributed by atoms with Gasteiger partial charge in [-0.2, -0.15) is 4.98 Å². The van der Waals surface area contributed by atoms with E-state index in [1.54, 1.807) is 48.5 Å². The predicted octanol–water partition coefficient (Wildman–Crippen LogP) is 3.09. The van der Waals surface area contributed by atoms with Gasteiger partial charge in [0.2, 0.25) is 5.89 Å². The van der Waals surface area contributed by atoms with Crippen LogP contribution in [0.2, 0.25) is 0 Å². The van der Waals surface area contributed by atoms with E-state index in [9.17, 15) is 14.4 Å². The Morgan fingerprint density at radius 2 is 1.61 bits per heavy atom. The van der Waals surface area contributed by atoms with Crippen molar-refractivity contribution in [1.82, 2.24) is 20.4 Å². The maximum absolute atomic E-state index is 12.5. The molecule has 0 atom stereocenters. The van der Waals surface area contributed by atoms with Crippen molar-refractivity contribution in [3.63, 3.8) is 0 Å². The Balaban J connectivity index is 1.37. The summed E-state index contributed by atoms with van der Waals surface area (Å²) in [5.74, 6) is 0.0125. The van der Waals surface area contributed by atoms with Crippen LogP contribution in [-0.4, -0.2) is 32.8 Å². The molecule has 1 aliphatic rings. The first-order valence-corrected chi connectivity index (χ1v) is 9.89. The lowest BCUT2D eigenvalue weighted by Crippen LogP contribution is -2.29. The fourth-order valence-electron chi connectivity index (χ4n) is 3.22. The number of benzene rings is 2. The molecule has 0 bridgehead atoms. The Labute approximate surface area is 179 Å². The summed E-state index contributed by atoms with van der Waals surface area (Å²) < 4.78 is 5.21. The second-order valence-corrected chi connectivity index (χ2v) is 8.39. The molecular formula is C23H22N4O4. The zero-order valence-electron chi connectivity index (χ0n) is 17.5. The van der Waals surface area contributed by atoms with Gasteiger partial charge in [-0.15, -0.1) is 0 Å². The smallest absolute Gasteiger partial charge is 0.261 e. The van der Waals surface area contributed by atoms with Gasteiger partial charge in [0.15, 0.2) is 5.82 Å². The molecule has 0 aliphatic carbocycles. The molecule has 158 valence electrons. The maximum Gasteiger partial charge on any atom is 0.261 e. The van der Waals surface area contributed by atoms with Crippen LogP contribution in [0.5, 0.6) is 0 Å². The lowest BCUT2D eigenvalue weighted by atomic mass is 9.97. The van der Waals surface area contributed by atoms with Gasteiger partial charge in [-0.1, -0.05) is 50.2 Å². The van der Waals surface area contributed by atoms with E-state index in [-0.39, 0.29) is 36.2 Å². The number of carbonyl (C=O) groups excluding carboxylic acids is 3. The molecule has 0 radical (unpaired) electrons. The van der Waals surface area contributed by atoms with Crippen molar-refractivity contribution < 1.29 is 18.9 Å². The predicted molar refractivity (Wildman–Crippen MR) is 111 cm³/mol. The van der Waals surface area contributed by atoms with Crippen LogP contribution in [0.1, 0.15) is 69.1 Å². The van der Waals surface area contributed by atoms with Crippen LogP contribution in [0, 0.1) is 0 Å². The van der Waals surface area contributed by atoms with Crippen molar-refractivity contribution in [3.8, 4) is 0 Å². The Hall–Kier alpha value is -3.81. The van der Waals surface area contributed by atoms with Crippen molar-refractivity contribution in [2.45, 2.75) is 39.3 Å². The molecule has 0 saturated heterocycles. The molecular weight excluding hydrogens is 396 g/mol. The fraction of sp³-hybridized carbons (Fsp3) is 0.261. The minimum Gasteiger partial charge on any atom is -0.345 e. The van der Waals surface area contributed by atoms with Crippen LogP contribution in [0.25, 0.3) is 0 Å². The minimum atomic E-state index is -0.308. The number of nitrogens with zero attached hydrogens (tertiary/aromatic N) is 3. The van der Waals surface area contributed by atoms with Gasteiger partial charge >= 0.3 is 0 Å². The Bertz CT molecular complexity index is 1120. The highest BCUT2D eigenvalue weighted by atomic mass is 16.5. The van der Waals surface area contributed by atoms with Crippen molar-refractivity contribution in [1.29, 1.82) is 0 Å². The van der Waals surface area contributed by atoms with Crippen molar-refractivity contribution >= 4 is 17.7 Å². The third kappa shape index (κ3) is 4.09. The highest BCUT2D eigenvalue weighted by molar-refractivity contribution is 6.21. The SMILES string of the molecule is CC(C)(C)c1nc(CNC(=O)c2ccc(CN3C(=O)c4ccccc4C3=O)cc2)no1. The maximum atomic E-state index is 12.5. The van der Waals surface area contributed by atoms with Crippen LogP contribution < -0.4 is 5.32 Å². The fourth-order valence-corrected chi connectivity index (χ4v) is 3.22. The summed E-state index contributed by atoms with van der Waals surface area (Å²) in [6.45, 7) is 6.19. The molecule has 31 heavy (non-hydrogen) atoms. The van der Waals surface area contributed by atoms with Crippen molar-refractivity contribution in [2.24, 2.45) is 0 Å². The molecule has 2 heterocycles. The van der Waals surface area contributed by atoms with Gasteiger partial charge in [0.25, 0.3) is 17.7 Å². The molecule has 4 rings (SSSR count). The first-order valence-electron chi connectivity index (χ1n) is 9.89. The number of aromatic nitrogens is 2. The first kappa shape index (κ1) is 20.5. The molecule has 1 aromatic heterocycles. The Kier molecular flexibility index (Phi) is 5.14. The van der Waals surface area contributed by atoms with Crippen LogP contribution in [0.3, 0.4) is 0 Å². The van der Waals surface area contributed by atoms with E-state index in [1.165, 1.54) is 4.90 Å². The van der Waals surface area contributed by atoms with Gasteiger partial charge in [-0.05, 0) is 29.8 Å². The number of amides is 3. The van der Waals surface area contributed by atoms with E-state index in [4.69, 9.17) is 4.52 Å². The van der Waals surface area contributed by atoms with E-state index >= 15 is 0 Å². The van der Waals surface area contributed by atoms with Gasteiger partial charge < -0.3 is 9.84 Å². The molecule has 0 saturated carbocycles. The highest BCUT2D eigenvalue weighted by Gasteiger charge is 2.34. The average Bonchev–Trinajstić information content (AvgIpc) is 3.33. The molecule has 2 aromatic carbocycles. The summed E-state index contributed by atoms with van der Waals surface area (Å²) in [6.07, 6.45) is 0. The third-order valence-corrected chi connectivity index (χ3v) is 4.95. The summed E-state index contributed by atoms with van der Waals surface area (Å²) in [5.41, 5.74) is 1.77. The number of fused-ring (bicyclic) bond motifs is 1. The quantitative estimate of drug-likeness (QED) is 0.639. The Morgan fingerprint density at radius 1 is 1.00 bits per heavy atom. The number of hydrogen-bond donors (Lipinski definition) is 1. The van der Waals surface area contributed by atoms with Gasteiger partial charge in [0.1, 0.15) is 0 Å². The van der Waals surface area contributed by atoms with E-state index in [0.29, 0.717) is 28.4 Å². The van der Waals surface area contributed by atoms with Gasteiger partial charge in [-0.3, -0.25) is 19.3 Å². The average molecular weight is 418 g/mol. The van der Waals surface area contributed by atoms with E-state index in [2.05, 4.69) is 15.5 Å². The van der Waals surface area contributed by atoms with Gasteiger partial charge in [0, 0.05) is 11.0 Å². The van der Waals surface area contributed by atoms with Crippen LogP contribution >= 0.6 is 0 Å². The molecule has 1 N–H and O–H groups in total. The third-order valence-electron chi connectivity index (χ3n) is 4.95. The largest absolute Gasteiger partial charge is 0.345 e. The molecule has 1 aliphatic heterocycles. The summed E-state index contributed by atoms with van der Waals surface area (Å²) >= 11 is 0. The molecule has 3 amide bonds. The highest BCUT2D eigenvalue weighted by Crippen LogP contribution is 2.24. The second-order valence-electron chi connectivity index (χ2n) is 8.39. The molecule has 8 nitrogen and oxygen atoms in total. The molecule has 0 spiro atoms. The number of hydrogen-bond acceptors (Lipinski definition) is 6. The molecule has 0 fully saturated rings. The van der Waals surface area contributed by atoms with Gasteiger partial charge in [-0.25, -0.2) is 0 Å². The second kappa shape index (κ2) is 7.79. The number of carbonyl (C=O) groups is 3. The summed E-state index contributed by atoms with van der Waals surface area (Å²) in [7, 11) is 0. The lowest BCUT2D eigenvalue weighted by Gasteiger charge is -2.14. The molecule has 8 heteroatoms. The number of imide groups is 1. The van der Waals surface area contributed by atoms with Gasteiger partial charge in [0.05, 0.1) is 24.2 Å². The van der Waals surface area contributed by atoms with Crippen LogP contribution in [-0.2, 0) is 18.5 Å². The normalized spacial score (nSPS) is 13.5. The Morgan fingerprint density at radius 3 is 2.16 bits per heavy atom. The number of rotatable bonds is 5. The van der Waals surface area contributed by atoms with Crippen molar-refractivity contribution in [2.75, 3.05) is 0 Å². The summed E-state index contributed by atoms with van der Waals surface area (Å²) in [5, 5.41) is 6.64.